The van der Waals surface area contributed by atoms with Crippen LogP contribution in [0.15, 0.2) is 0 Å². The minimum Gasteiger partial charge on any atom is -0.344 e. The van der Waals surface area contributed by atoms with Crippen molar-refractivity contribution in [1.82, 2.24) is 10.2 Å². The van der Waals surface area contributed by atoms with E-state index in [0.717, 1.165) is 58.2 Å². The summed E-state index contributed by atoms with van der Waals surface area (Å²) in [5, 5.41) is 2.92. The highest BCUT2D eigenvalue weighted by atomic mass is 16.2. The molecule has 3 N–H and O–H groups in total. The summed E-state index contributed by atoms with van der Waals surface area (Å²) in [5.41, 5.74) is 5.68. The Morgan fingerprint density at radius 2 is 1.76 bits per heavy atom. The molecule has 5 heteroatoms. The summed E-state index contributed by atoms with van der Waals surface area (Å²) in [7, 11) is 0. The van der Waals surface area contributed by atoms with Gasteiger partial charge in [0.05, 0.1) is 0 Å². The molecule has 0 bridgehead atoms. The third-order valence-corrected chi connectivity index (χ3v) is 4.95. The van der Waals surface area contributed by atoms with Gasteiger partial charge in [0.2, 0.25) is 11.8 Å². The molecular formula is C16H29N3O2. The van der Waals surface area contributed by atoms with Crippen molar-refractivity contribution in [2.75, 3.05) is 19.6 Å². The number of nitrogens with zero attached hydrogens (tertiary/aromatic N) is 1. The molecule has 1 heterocycles. The van der Waals surface area contributed by atoms with Gasteiger partial charge in [-0.2, -0.15) is 0 Å². The predicted octanol–water partition coefficient (Wildman–Crippen LogP) is 1.27. The molecule has 0 aromatic rings. The van der Waals surface area contributed by atoms with Gasteiger partial charge in [0, 0.05) is 19.0 Å². The van der Waals surface area contributed by atoms with Gasteiger partial charge in [-0.05, 0) is 64.3 Å². The molecular weight excluding hydrogens is 266 g/mol. The first-order valence-corrected chi connectivity index (χ1v) is 8.41. The maximum absolute atomic E-state index is 12.3. The second-order valence-electron chi connectivity index (χ2n) is 6.57. The summed E-state index contributed by atoms with van der Waals surface area (Å²) in [6, 6.07) is -0.400. The zero-order chi connectivity index (χ0) is 15.2. The highest BCUT2D eigenvalue weighted by Crippen LogP contribution is 2.28. The van der Waals surface area contributed by atoms with E-state index in [2.05, 4.69) is 5.32 Å². The van der Waals surface area contributed by atoms with Crippen molar-refractivity contribution in [3.05, 3.63) is 0 Å². The first-order valence-electron chi connectivity index (χ1n) is 8.41. The SMILES string of the molecule is CC(NC(=O)C1CCC(CN)CC1)C(=O)N1CCCCC1. The van der Waals surface area contributed by atoms with Crippen molar-refractivity contribution in [2.24, 2.45) is 17.6 Å². The van der Waals surface area contributed by atoms with Gasteiger partial charge < -0.3 is 16.0 Å². The van der Waals surface area contributed by atoms with Gasteiger partial charge in [-0.15, -0.1) is 0 Å². The maximum Gasteiger partial charge on any atom is 0.244 e. The van der Waals surface area contributed by atoms with Gasteiger partial charge in [-0.25, -0.2) is 0 Å². The van der Waals surface area contributed by atoms with Gasteiger partial charge in [0.1, 0.15) is 6.04 Å². The Labute approximate surface area is 127 Å². The molecule has 120 valence electrons. The third kappa shape index (κ3) is 4.43. The Balaban J connectivity index is 1.77. The molecule has 0 radical (unpaired) electrons. The van der Waals surface area contributed by atoms with Crippen LogP contribution in [-0.2, 0) is 9.59 Å². The molecule has 0 aromatic heterocycles. The zero-order valence-electron chi connectivity index (χ0n) is 13.1. The van der Waals surface area contributed by atoms with Crippen molar-refractivity contribution in [2.45, 2.75) is 57.9 Å². The van der Waals surface area contributed by atoms with E-state index in [1.807, 2.05) is 4.90 Å². The van der Waals surface area contributed by atoms with E-state index in [9.17, 15) is 9.59 Å². The Hall–Kier alpha value is -1.10. The zero-order valence-corrected chi connectivity index (χ0v) is 13.1. The average Bonchev–Trinajstić information content (AvgIpc) is 2.55. The Morgan fingerprint density at radius 1 is 1.14 bits per heavy atom. The van der Waals surface area contributed by atoms with Crippen LogP contribution in [0.5, 0.6) is 0 Å². The lowest BCUT2D eigenvalue weighted by Gasteiger charge is -2.31. The molecule has 2 rings (SSSR count). The van der Waals surface area contributed by atoms with Crippen LogP contribution in [0.3, 0.4) is 0 Å². The first kappa shape index (κ1) is 16.3. The normalized spacial score (nSPS) is 28.0. The van der Waals surface area contributed by atoms with Crippen molar-refractivity contribution in [1.29, 1.82) is 0 Å². The smallest absolute Gasteiger partial charge is 0.244 e. The molecule has 0 spiro atoms. The molecule has 1 saturated heterocycles. The second-order valence-corrected chi connectivity index (χ2v) is 6.57. The average molecular weight is 295 g/mol. The van der Waals surface area contributed by atoms with Crippen LogP contribution < -0.4 is 11.1 Å². The van der Waals surface area contributed by atoms with Crippen molar-refractivity contribution >= 4 is 11.8 Å². The van der Waals surface area contributed by atoms with E-state index in [4.69, 9.17) is 5.73 Å². The number of nitrogens with two attached hydrogens (primary N) is 1. The number of likely N-dealkylation sites (tertiary alicyclic amines) is 1. The molecule has 5 nitrogen and oxygen atoms in total. The molecule has 2 aliphatic rings. The standard InChI is InChI=1S/C16H29N3O2/c1-12(16(21)19-9-3-2-4-10-19)18-15(20)14-7-5-13(11-17)6-8-14/h12-14H,2-11,17H2,1H3,(H,18,20). The highest BCUT2D eigenvalue weighted by Gasteiger charge is 2.29. The van der Waals surface area contributed by atoms with Gasteiger partial charge in [0.15, 0.2) is 0 Å². The number of piperidine rings is 1. The Bertz CT molecular complexity index is 359. The summed E-state index contributed by atoms with van der Waals surface area (Å²) in [6.07, 6.45) is 7.22. The minimum absolute atomic E-state index is 0.0448. The highest BCUT2D eigenvalue weighted by molar-refractivity contribution is 5.88. The van der Waals surface area contributed by atoms with Crippen molar-refractivity contribution in [3.8, 4) is 0 Å². The van der Waals surface area contributed by atoms with Crippen molar-refractivity contribution < 1.29 is 9.59 Å². The fourth-order valence-corrected chi connectivity index (χ4v) is 3.44. The van der Waals surface area contributed by atoms with Crippen LogP contribution in [0.4, 0.5) is 0 Å². The number of carbonyl (C=O) groups is 2. The quantitative estimate of drug-likeness (QED) is 0.820. The third-order valence-electron chi connectivity index (χ3n) is 4.95. The monoisotopic (exact) mass is 295 g/mol. The van der Waals surface area contributed by atoms with Crippen LogP contribution in [0.1, 0.15) is 51.9 Å². The van der Waals surface area contributed by atoms with Gasteiger partial charge >= 0.3 is 0 Å². The van der Waals surface area contributed by atoms with E-state index in [1.54, 1.807) is 6.92 Å². The summed E-state index contributed by atoms with van der Waals surface area (Å²) in [6.45, 7) is 4.19. The van der Waals surface area contributed by atoms with Gasteiger partial charge in [0.25, 0.3) is 0 Å². The molecule has 1 unspecified atom stereocenters. The fraction of sp³-hybridized carbons (Fsp3) is 0.875. The van der Waals surface area contributed by atoms with E-state index in [1.165, 1.54) is 6.42 Å². The molecule has 2 fully saturated rings. The van der Waals surface area contributed by atoms with Crippen LogP contribution >= 0.6 is 0 Å². The molecule has 1 aliphatic carbocycles. The van der Waals surface area contributed by atoms with E-state index >= 15 is 0 Å². The lowest BCUT2D eigenvalue weighted by molar-refractivity contribution is -0.138. The van der Waals surface area contributed by atoms with E-state index < -0.39 is 6.04 Å². The van der Waals surface area contributed by atoms with Crippen LogP contribution in [-0.4, -0.2) is 42.4 Å². The summed E-state index contributed by atoms with van der Waals surface area (Å²) in [4.78, 5) is 26.5. The lowest BCUT2D eigenvalue weighted by atomic mass is 9.81. The van der Waals surface area contributed by atoms with Gasteiger partial charge in [-0.3, -0.25) is 9.59 Å². The number of hydrogen-bond donors (Lipinski definition) is 2. The van der Waals surface area contributed by atoms with Crippen LogP contribution in [0, 0.1) is 11.8 Å². The van der Waals surface area contributed by atoms with E-state index in [0.29, 0.717) is 5.92 Å². The lowest BCUT2D eigenvalue weighted by Crippen LogP contribution is -2.50. The van der Waals surface area contributed by atoms with Crippen LogP contribution in [0.25, 0.3) is 0 Å². The number of nitrogens with one attached hydrogen (secondary N) is 1. The van der Waals surface area contributed by atoms with E-state index in [-0.39, 0.29) is 17.7 Å². The molecule has 1 atom stereocenters. The number of carbonyl (C=O) groups excluding carboxylic acids is 2. The number of rotatable bonds is 4. The minimum atomic E-state index is -0.400. The largest absolute Gasteiger partial charge is 0.344 e. The topological polar surface area (TPSA) is 75.4 Å². The van der Waals surface area contributed by atoms with Gasteiger partial charge in [-0.1, -0.05) is 0 Å². The Kier molecular flexibility index (Phi) is 6.03. The molecule has 0 aromatic carbocycles. The molecule has 1 aliphatic heterocycles. The molecule has 21 heavy (non-hydrogen) atoms. The van der Waals surface area contributed by atoms with Crippen molar-refractivity contribution in [3.63, 3.8) is 0 Å². The summed E-state index contributed by atoms with van der Waals surface area (Å²) in [5.74, 6) is 0.743. The molecule has 2 amide bonds. The molecule has 1 saturated carbocycles. The van der Waals surface area contributed by atoms with Crippen LogP contribution in [0.2, 0.25) is 0 Å². The number of amides is 2. The fourth-order valence-electron chi connectivity index (χ4n) is 3.44. The summed E-state index contributed by atoms with van der Waals surface area (Å²) >= 11 is 0. The Morgan fingerprint density at radius 3 is 2.33 bits per heavy atom. The maximum atomic E-state index is 12.3. The number of hydrogen-bond acceptors (Lipinski definition) is 3. The predicted molar refractivity (Wildman–Crippen MR) is 82.5 cm³/mol. The second kappa shape index (κ2) is 7.78. The first-order chi connectivity index (χ1) is 10.1. The summed E-state index contributed by atoms with van der Waals surface area (Å²) < 4.78 is 0.